The Morgan fingerprint density at radius 1 is 1.24 bits per heavy atom. The standard InChI is InChI=1S/C19H20N8O.ClH/c1-12-17(19-22-18(24-28-19)16-11-21-8-9-26(16)2)23-25-27(12)15-5-3-4-13-10-20-7-6-14(13)15;/h3-7,10,16,21H,8-9,11H2,1-2H3;1H. The van der Waals surface area contributed by atoms with Crippen LogP contribution in [0, 0.1) is 6.92 Å². The van der Waals surface area contributed by atoms with Crippen LogP contribution in [0.1, 0.15) is 17.6 Å². The van der Waals surface area contributed by atoms with Crippen LogP contribution < -0.4 is 5.32 Å². The molecule has 1 unspecified atom stereocenters. The molecule has 29 heavy (non-hydrogen) atoms. The molecular formula is C19H21ClN8O. The molecule has 1 fully saturated rings. The number of likely N-dealkylation sites (N-methyl/N-ethyl adjacent to an activating group) is 1. The first-order valence-corrected chi connectivity index (χ1v) is 9.23. The number of piperazine rings is 1. The molecular weight excluding hydrogens is 392 g/mol. The van der Waals surface area contributed by atoms with Crippen molar-refractivity contribution in [2.75, 3.05) is 26.7 Å². The fourth-order valence-corrected chi connectivity index (χ4v) is 3.61. The number of nitrogens with zero attached hydrogens (tertiary/aromatic N) is 7. The van der Waals surface area contributed by atoms with Gasteiger partial charge in [0.25, 0.3) is 5.89 Å². The molecule has 0 bridgehead atoms. The Hall–Kier alpha value is -2.88. The SMILES string of the molecule is Cc1c(-c2nc(C3CNCCN3C)no2)nnn1-c1cccc2cnccc12.Cl. The van der Waals surface area contributed by atoms with Crippen LogP contribution in [0.15, 0.2) is 41.2 Å². The van der Waals surface area contributed by atoms with Crippen LogP contribution in [0.3, 0.4) is 0 Å². The van der Waals surface area contributed by atoms with E-state index in [1.54, 1.807) is 10.9 Å². The number of nitrogens with one attached hydrogen (secondary N) is 1. The summed E-state index contributed by atoms with van der Waals surface area (Å²) in [5.41, 5.74) is 2.37. The Kier molecular flexibility index (Phi) is 5.27. The number of pyridine rings is 1. The van der Waals surface area contributed by atoms with Crippen LogP contribution in [0.25, 0.3) is 28.0 Å². The minimum absolute atomic E-state index is 0. The maximum absolute atomic E-state index is 5.53. The molecule has 1 saturated heterocycles. The summed E-state index contributed by atoms with van der Waals surface area (Å²) in [6.07, 6.45) is 3.61. The van der Waals surface area contributed by atoms with E-state index in [1.807, 2.05) is 37.4 Å². The summed E-state index contributed by atoms with van der Waals surface area (Å²) in [5.74, 6) is 1.05. The van der Waals surface area contributed by atoms with Gasteiger partial charge in [-0.3, -0.25) is 9.88 Å². The third-order valence-electron chi connectivity index (χ3n) is 5.23. The summed E-state index contributed by atoms with van der Waals surface area (Å²) >= 11 is 0. The Balaban J connectivity index is 0.00000205. The second-order valence-electron chi connectivity index (χ2n) is 6.97. The van der Waals surface area contributed by atoms with Crippen LogP contribution in [-0.4, -0.2) is 61.7 Å². The number of fused-ring (bicyclic) bond motifs is 1. The van der Waals surface area contributed by atoms with Gasteiger partial charge < -0.3 is 9.84 Å². The number of halogens is 1. The van der Waals surface area contributed by atoms with Gasteiger partial charge in [0.1, 0.15) is 0 Å². The predicted octanol–water partition coefficient (Wildman–Crippen LogP) is 2.17. The molecule has 5 rings (SSSR count). The lowest BCUT2D eigenvalue weighted by Crippen LogP contribution is -2.44. The normalized spacial score (nSPS) is 17.4. The predicted molar refractivity (Wildman–Crippen MR) is 110 cm³/mol. The van der Waals surface area contributed by atoms with Crippen molar-refractivity contribution in [1.82, 2.24) is 40.3 Å². The molecule has 0 radical (unpaired) electrons. The molecule has 150 valence electrons. The van der Waals surface area contributed by atoms with E-state index in [0.717, 1.165) is 41.8 Å². The molecule has 1 atom stereocenters. The van der Waals surface area contributed by atoms with Crippen LogP contribution >= 0.6 is 12.4 Å². The third-order valence-corrected chi connectivity index (χ3v) is 5.23. The van der Waals surface area contributed by atoms with Gasteiger partial charge >= 0.3 is 0 Å². The van der Waals surface area contributed by atoms with E-state index in [-0.39, 0.29) is 18.4 Å². The van der Waals surface area contributed by atoms with E-state index < -0.39 is 0 Å². The van der Waals surface area contributed by atoms with E-state index in [9.17, 15) is 0 Å². The molecule has 9 nitrogen and oxygen atoms in total. The fourth-order valence-electron chi connectivity index (χ4n) is 3.61. The first-order valence-electron chi connectivity index (χ1n) is 9.23. The second kappa shape index (κ2) is 7.86. The highest BCUT2D eigenvalue weighted by Crippen LogP contribution is 2.27. The Morgan fingerprint density at radius 2 is 2.14 bits per heavy atom. The van der Waals surface area contributed by atoms with Gasteiger partial charge in [-0.05, 0) is 26.1 Å². The monoisotopic (exact) mass is 412 g/mol. The summed E-state index contributed by atoms with van der Waals surface area (Å²) in [4.78, 5) is 11.0. The molecule has 0 saturated carbocycles. The molecule has 0 amide bonds. The topological polar surface area (TPSA) is 97.8 Å². The van der Waals surface area contributed by atoms with Gasteiger partial charge in [0.15, 0.2) is 11.5 Å². The van der Waals surface area contributed by atoms with Gasteiger partial charge in [0.2, 0.25) is 0 Å². The highest BCUT2D eigenvalue weighted by molar-refractivity contribution is 5.89. The van der Waals surface area contributed by atoms with Gasteiger partial charge in [0.05, 0.1) is 17.4 Å². The highest BCUT2D eigenvalue weighted by atomic mass is 35.5. The zero-order valence-corrected chi connectivity index (χ0v) is 16.9. The largest absolute Gasteiger partial charge is 0.332 e. The van der Waals surface area contributed by atoms with Crippen molar-refractivity contribution >= 4 is 23.2 Å². The maximum atomic E-state index is 5.53. The van der Waals surface area contributed by atoms with Crippen LogP contribution in [0.2, 0.25) is 0 Å². The zero-order chi connectivity index (χ0) is 19.1. The van der Waals surface area contributed by atoms with Crippen molar-refractivity contribution in [2.24, 2.45) is 0 Å². The van der Waals surface area contributed by atoms with Gasteiger partial charge in [-0.2, -0.15) is 4.98 Å². The number of aromatic nitrogens is 6. The van der Waals surface area contributed by atoms with Crippen molar-refractivity contribution in [2.45, 2.75) is 13.0 Å². The number of benzene rings is 1. The van der Waals surface area contributed by atoms with Gasteiger partial charge in [-0.25, -0.2) is 4.68 Å². The zero-order valence-electron chi connectivity index (χ0n) is 16.1. The first-order chi connectivity index (χ1) is 13.7. The van der Waals surface area contributed by atoms with E-state index in [0.29, 0.717) is 17.4 Å². The molecule has 1 aliphatic heterocycles. The first kappa shape index (κ1) is 19.4. The summed E-state index contributed by atoms with van der Waals surface area (Å²) in [6, 6.07) is 8.08. The minimum atomic E-state index is 0. The van der Waals surface area contributed by atoms with Gasteiger partial charge in [-0.15, -0.1) is 17.5 Å². The van der Waals surface area contributed by atoms with Crippen LogP contribution in [0.5, 0.6) is 0 Å². The Bertz CT molecular complexity index is 1130. The van der Waals surface area contributed by atoms with Crippen LogP contribution in [0.4, 0.5) is 0 Å². The molecule has 1 aliphatic rings. The van der Waals surface area contributed by atoms with E-state index >= 15 is 0 Å². The molecule has 3 aromatic heterocycles. The average Bonchev–Trinajstić information content (AvgIpc) is 3.35. The van der Waals surface area contributed by atoms with E-state index in [1.165, 1.54) is 0 Å². The summed E-state index contributed by atoms with van der Waals surface area (Å²) < 4.78 is 7.33. The smallest absolute Gasteiger partial charge is 0.280 e. The van der Waals surface area contributed by atoms with Gasteiger partial charge in [0, 0.05) is 42.8 Å². The van der Waals surface area contributed by atoms with E-state index in [4.69, 9.17) is 4.52 Å². The Morgan fingerprint density at radius 3 is 3.00 bits per heavy atom. The van der Waals surface area contributed by atoms with Crippen molar-refractivity contribution in [3.8, 4) is 17.3 Å². The summed E-state index contributed by atoms with van der Waals surface area (Å²) in [6.45, 7) is 4.66. The third kappa shape index (κ3) is 3.37. The second-order valence-corrected chi connectivity index (χ2v) is 6.97. The lowest BCUT2D eigenvalue weighted by molar-refractivity contribution is 0.190. The van der Waals surface area contributed by atoms with Crippen molar-refractivity contribution in [3.63, 3.8) is 0 Å². The molecule has 1 aromatic carbocycles. The molecule has 10 heteroatoms. The lowest BCUT2D eigenvalue weighted by atomic mass is 10.1. The number of hydrogen-bond donors (Lipinski definition) is 1. The van der Waals surface area contributed by atoms with Crippen molar-refractivity contribution < 1.29 is 4.52 Å². The molecule has 4 aromatic rings. The molecule has 0 aliphatic carbocycles. The lowest BCUT2D eigenvalue weighted by Gasteiger charge is -2.30. The van der Waals surface area contributed by atoms with Crippen molar-refractivity contribution in [1.29, 1.82) is 0 Å². The summed E-state index contributed by atoms with van der Waals surface area (Å²) in [7, 11) is 2.07. The molecule has 0 spiro atoms. The minimum Gasteiger partial charge on any atom is -0.332 e. The maximum Gasteiger partial charge on any atom is 0.280 e. The van der Waals surface area contributed by atoms with Crippen LogP contribution in [-0.2, 0) is 0 Å². The number of hydrogen-bond acceptors (Lipinski definition) is 8. The summed E-state index contributed by atoms with van der Waals surface area (Å²) in [5, 5.41) is 18.3. The Labute approximate surface area is 173 Å². The highest BCUT2D eigenvalue weighted by Gasteiger charge is 2.27. The number of rotatable bonds is 3. The molecule has 1 N–H and O–H groups in total. The molecule has 4 heterocycles. The van der Waals surface area contributed by atoms with Crippen molar-refractivity contribution in [3.05, 3.63) is 48.2 Å². The van der Waals surface area contributed by atoms with E-state index in [2.05, 4.69) is 42.7 Å². The fraction of sp³-hybridized carbons (Fsp3) is 0.316. The average molecular weight is 413 g/mol. The quantitative estimate of drug-likeness (QED) is 0.546. The van der Waals surface area contributed by atoms with Gasteiger partial charge in [-0.1, -0.05) is 22.5 Å².